The van der Waals surface area contributed by atoms with Gasteiger partial charge in [0.05, 0.1) is 0 Å². The lowest BCUT2D eigenvalue weighted by Gasteiger charge is -2.53. The summed E-state index contributed by atoms with van der Waals surface area (Å²) in [7, 11) is 1.29. The highest BCUT2D eigenvalue weighted by atomic mass is 32.2. The van der Waals surface area contributed by atoms with E-state index in [2.05, 4.69) is 25.7 Å². The maximum Gasteiger partial charge on any atom is 0.313 e. The Balaban J connectivity index is 1.42. The molecule has 2 aromatic heterocycles. The monoisotopic (exact) mass is 529 g/mol. The second-order valence-corrected chi connectivity index (χ2v) is 11.7. The second-order valence-electron chi connectivity index (χ2n) is 7.27. The summed E-state index contributed by atoms with van der Waals surface area (Å²) in [5.41, 5.74) is 4.65. The molecule has 0 bridgehead atoms. The fraction of sp³-hybridized carbons (Fsp3) is 0.471. The highest BCUT2D eigenvalue weighted by Gasteiger charge is 2.57. The molecule has 176 valence electrons. The molecule has 2 amide bonds. The van der Waals surface area contributed by atoms with Gasteiger partial charge < -0.3 is 25.9 Å². The fourth-order valence-electron chi connectivity index (χ4n) is 3.34. The van der Waals surface area contributed by atoms with E-state index in [1.807, 2.05) is 6.92 Å². The van der Waals surface area contributed by atoms with Crippen molar-refractivity contribution >= 4 is 74.8 Å². The quantitative estimate of drug-likeness (QED) is 0.188. The van der Waals surface area contributed by atoms with E-state index in [0.717, 1.165) is 16.3 Å². The number of hydrogen-bond acceptors (Lipinski definition) is 13. The van der Waals surface area contributed by atoms with Crippen molar-refractivity contribution in [1.82, 2.24) is 25.4 Å². The molecular formula is C17H19N7O5S4. The first-order valence-electron chi connectivity index (χ1n) is 9.46. The van der Waals surface area contributed by atoms with E-state index in [-0.39, 0.29) is 45.9 Å². The zero-order chi connectivity index (χ0) is 23.8. The van der Waals surface area contributed by atoms with Crippen molar-refractivity contribution in [3.8, 4) is 0 Å². The third kappa shape index (κ3) is 4.64. The van der Waals surface area contributed by atoms with Crippen LogP contribution >= 0.6 is 46.2 Å². The molecule has 12 nitrogen and oxygen atoms in total. The molecule has 2 aliphatic rings. The van der Waals surface area contributed by atoms with Gasteiger partial charge in [0, 0.05) is 23.4 Å². The Morgan fingerprint density at radius 3 is 2.88 bits per heavy atom. The lowest BCUT2D eigenvalue weighted by molar-refractivity contribution is -0.157. The summed E-state index contributed by atoms with van der Waals surface area (Å²) in [5.74, 6) is -1.41. The molecule has 2 aromatic rings. The SMILES string of the molecule is CON=C(C(=O)NC1C(=O)N2CC(CSc3nnc(C)s3)(C(=O)O)CS[C@H]12)c1csc(N)n1. The van der Waals surface area contributed by atoms with E-state index in [1.54, 1.807) is 5.38 Å². The third-order valence-corrected chi connectivity index (χ3v) is 9.55. The fourth-order valence-corrected chi connectivity index (χ4v) is 7.57. The molecule has 16 heteroatoms. The Labute approximate surface area is 204 Å². The zero-order valence-electron chi connectivity index (χ0n) is 17.4. The predicted molar refractivity (Wildman–Crippen MR) is 125 cm³/mol. The number of carbonyl (C=O) groups is 3. The van der Waals surface area contributed by atoms with Crippen molar-refractivity contribution in [2.75, 3.05) is 30.9 Å². The van der Waals surface area contributed by atoms with E-state index < -0.39 is 23.3 Å². The molecule has 0 spiro atoms. The molecule has 2 unspecified atom stereocenters. The number of fused-ring (bicyclic) bond motifs is 1. The van der Waals surface area contributed by atoms with Crippen LogP contribution in [0.15, 0.2) is 14.9 Å². The van der Waals surface area contributed by atoms with Gasteiger partial charge in [-0.2, -0.15) is 0 Å². The number of oxime groups is 1. The van der Waals surface area contributed by atoms with Crippen molar-refractivity contribution in [2.45, 2.75) is 22.7 Å². The largest absolute Gasteiger partial charge is 0.481 e. The summed E-state index contributed by atoms with van der Waals surface area (Å²) in [4.78, 5) is 48.0. The van der Waals surface area contributed by atoms with Crippen molar-refractivity contribution in [2.24, 2.45) is 10.6 Å². The Bertz CT molecular complexity index is 1120. The highest BCUT2D eigenvalue weighted by Crippen LogP contribution is 2.44. The average molecular weight is 530 g/mol. The van der Waals surface area contributed by atoms with Crippen LogP contribution < -0.4 is 11.1 Å². The molecule has 2 saturated heterocycles. The lowest BCUT2D eigenvalue weighted by atomic mass is 9.89. The number of thioether (sulfide) groups is 2. The van der Waals surface area contributed by atoms with Crippen LogP contribution in [0.5, 0.6) is 0 Å². The number of carboxylic acids is 1. The van der Waals surface area contributed by atoms with Crippen LogP contribution in [0.2, 0.25) is 0 Å². The lowest BCUT2D eigenvalue weighted by Crippen LogP contribution is -2.74. The minimum atomic E-state index is -1.13. The first kappa shape index (κ1) is 23.7. The Morgan fingerprint density at radius 1 is 1.48 bits per heavy atom. The Kier molecular flexibility index (Phi) is 6.78. The van der Waals surface area contributed by atoms with Crippen LogP contribution in [0.25, 0.3) is 0 Å². The third-order valence-electron chi connectivity index (χ3n) is 5.03. The van der Waals surface area contributed by atoms with Gasteiger partial charge in [0.15, 0.2) is 15.2 Å². The van der Waals surface area contributed by atoms with Crippen molar-refractivity contribution in [3.63, 3.8) is 0 Å². The first-order valence-corrected chi connectivity index (χ1v) is 13.2. The normalized spacial score (nSPS) is 24.7. The summed E-state index contributed by atoms with van der Waals surface area (Å²) in [5, 5.41) is 26.6. The van der Waals surface area contributed by atoms with Crippen molar-refractivity contribution in [1.29, 1.82) is 0 Å². The van der Waals surface area contributed by atoms with Gasteiger partial charge in [0.1, 0.15) is 34.6 Å². The number of thiazole rings is 1. The van der Waals surface area contributed by atoms with E-state index >= 15 is 0 Å². The molecule has 2 aliphatic heterocycles. The molecular weight excluding hydrogens is 510 g/mol. The van der Waals surface area contributed by atoms with Gasteiger partial charge in [0.25, 0.3) is 5.91 Å². The molecule has 0 saturated carbocycles. The number of aromatic nitrogens is 3. The Hall–Kier alpha value is -2.43. The first-order chi connectivity index (χ1) is 15.7. The van der Waals surface area contributed by atoms with Gasteiger partial charge in [-0.25, -0.2) is 4.98 Å². The van der Waals surface area contributed by atoms with E-state index in [4.69, 9.17) is 10.6 Å². The number of anilines is 1. The maximum atomic E-state index is 12.8. The topological polar surface area (TPSA) is 173 Å². The van der Waals surface area contributed by atoms with Gasteiger partial charge in [-0.1, -0.05) is 28.3 Å². The molecule has 4 rings (SSSR count). The minimum Gasteiger partial charge on any atom is -0.481 e. The molecule has 4 N–H and O–H groups in total. The number of β-lactam (4-membered cyclic amide) rings is 1. The van der Waals surface area contributed by atoms with Crippen LogP contribution in [0.4, 0.5) is 5.13 Å². The van der Waals surface area contributed by atoms with Crippen LogP contribution in [0.1, 0.15) is 10.7 Å². The molecule has 0 radical (unpaired) electrons. The maximum absolute atomic E-state index is 12.8. The molecule has 0 aromatic carbocycles. The number of nitrogens with two attached hydrogens (primary N) is 1. The number of nitrogens with one attached hydrogen (secondary N) is 1. The number of nitrogens with zero attached hydrogens (tertiary/aromatic N) is 5. The van der Waals surface area contributed by atoms with Crippen LogP contribution in [-0.2, 0) is 19.2 Å². The molecule has 0 aliphatic carbocycles. The number of amides is 2. The summed E-state index contributed by atoms with van der Waals surface area (Å²) >= 11 is 5.19. The van der Waals surface area contributed by atoms with Gasteiger partial charge in [-0.3, -0.25) is 14.4 Å². The second kappa shape index (κ2) is 9.44. The van der Waals surface area contributed by atoms with E-state index in [1.165, 1.54) is 46.9 Å². The zero-order valence-corrected chi connectivity index (χ0v) is 20.6. The van der Waals surface area contributed by atoms with Gasteiger partial charge in [-0.05, 0) is 6.92 Å². The van der Waals surface area contributed by atoms with Gasteiger partial charge >= 0.3 is 5.97 Å². The smallest absolute Gasteiger partial charge is 0.313 e. The summed E-state index contributed by atoms with van der Waals surface area (Å²) in [6, 6.07) is -0.800. The van der Waals surface area contributed by atoms with Crippen LogP contribution in [0, 0.1) is 12.3 Å². The molecule has 2 fully saturated rings. The molecule has 3 atom stereocenters. The standard InChI is InChI=1S/C17H19N7O5S4/c1-7-21-22-16(33-7)32-6-17(14(27)28)4-24-12(26)10(13(24)31-5-17)20-11(25)9(23-29-2)8-3-30-15(18)19-8/h3,10,13H,4-6H2,1-2H3,(H2,18,19)(H,20,25)(H,27,28)/t10?,13-,17?/m1/s1. The molecule has 33 heavy (non-hydrogen) atoms. The molecule has 4 heterocycles. The number of carboxylic acid groups (broad SMARTS) is 1. The van der Waals surface area contributed by atoms with Crippen LogP contribution in [-0.4, -0.2) is 85.3 Å². The summed E-state index contributed by atoms with van der Waals surface area (Å²) in [6.07, 6.45) is 0. The number of rotatable bonds is 8. The van der Waals surface area contributed by atoms with E-state index in [9.17, 15) is 19.5 Å². The van der Waals surface area contributed by atoms with Gasteiger partial charge in [0.2, 0.25) is 5.91 Å². The van der Waals surface area contributed by atoms with Crippen molar-refractivity contribution in [3.05, 3.63) is 16.1 Å². The van der Waals surface area contributed by atoms with Gasteiger partial charge in [-0.15, -0.1) is 33.3 Å². The number of nitrogen functional groups attached to an aromatic ring is 1. The van der Waals surface area contributed by atoms with E-state index in [0.29, 0.717) is 4.34 Å². The number of carbonyl (C=O) groups excluding carboxylic acids is 2. The number of aliphatic carboxylic acids is 1. The highest BCUT2D eigenvalue weighted by molar-refractivity contribution is 8.01. The minimum absolute atomic E-state index is 0.0532. The van der Waals surface area contributed by atoms with Crippen LogP contribution in [0.3, 0.4) is 0 Å². The number of hydrogen-bond donors (Lipinski definition) is 3. The summed E-state index contributed by atoms with van der Waals surface area (Å²) < 4.78 is 0.688. The predicted octanol–water partition coefficient (Wildman–Crippen LogP) is 0.499. The Morgan fingerprint density at radius 2 is 2.27 bits per heavy atom. The average Bonchev–Trinajstić information content (AvgIpc) is 3.41. The number of aryl methyl sites for hydroxylation is 1. The van der Waals surface area contributed by atoms with Crippen molar-refractivity contribution < 1.29 is 24.3 Å². The summed E-state index contributed by atoms with van der Waals surface area (Å²) in [6.45, 7) is 1.88.